The lowest BCUT2D eigenvalue weighted by Crippen LogP contribution is -2.36. The first-order valence-corrected chi connectivity index (χ1v) is 6.46. The number of aliphatic carboxylic acids is 1. The summed E-state index contributed by atoms with van der Waals surface area (Å²) in [7, 11) is -4.11. The first-order valence-electron chi connectivity index (χ1n) is 4.59. The second-order valence-corrected chi connectivity index (χ2v) is 5.42. The van der Waals surface area contributed by atoms with Gasteiger partial charge in [-0.2, -0.15) is 0 Å². The number of hydrogen-bond acceptors (Lipinski definition) is 4. The zero-order valence-corrected chi connectivity index (χ0v) is 10.4. The van der Waals surface area contributed by atoms with E-state index in [1.807, 2.05) is 4.72 Å². The van der Waals surface area contributed by atoms with Crippen LogP contribution in [0.5, 0.6) is 0 Å². The van der Waals surface area contributed by atoms with Gasteiger partial charge in [-0.15, -0.1) is 0 Å². The molecule has 6 nitrogen and oxygen atoms in total. The highest BCUT2D eigenvalue weighted by Gasteiger charge is 2.21. The second-order valence-electron chi connectivity index (χ2n) is 3.28. The van der Waals surface area contributed by atoms with Crippen LogP contribution in [0.2, 0.25) is 5.02 Å². The van der Waals surface area contributed by atoms with Gasteiger partial charge in [0.1, 0.15) is 10.7 Å². The van der Waals surface area contributed by atoms with Gasteiger partial charge in [0.05, 0.1) is 5.02 Å². The van der Waals surface area contributed by atoms with E-state index in [9.17, 15) is 17.6 Å². The maximum atomic E-state index is 12.7. The first kappa shape index (κ1) is 14.8. The molecule has 1 aromatic carbocycles. The lowest BCUT2D eigenvalue weighted by molar-refractivity contribution is -0.146. The maximum absolute atomic E-state index is 12.7. The van der Waals surface area contributed by atoms with Gasteiger partial charge in [-0.1, -0.05) is 11.6 Å². The van der Waals surface area contributed by atoms with Crippen LogP contribution in [-0.4, -0.2) is 37.2 Å². The van der Waals surface area contributed by atoms with Gasteiger partial charge in [0.25, 0.3) is 0 Å². The number of carbonyl (C=O) groups is 1. The minimum Gasteiger partial charge on any atom is -0.479 e. The third kappa shape index (κ3) is 3.64. The highest BCUT2D eigenvalue weighted by Crippen LogP contribution is 2.21. The minimum absolute atomic E-state index is 0.340. The third-order valence-corrected chi connectivity index (χ3v) is 3.84. The van der Waals surface area contributed by atoms with Crippen molar-refractivity contribution in [1.29, 1.82) is 0 Å². The Morgan fingerprint density at radius 2 is 2.11 bits per heavy atom. The number of benzene rings is 1. The van der Waals surface area contributed by atoms with Crippen LogP contribution < -0.4 is 4.72 Å². The number of carboxylic acid groups (broad SMARTS) is 1. The average molecular weight is 298 g/mol. The third-order valence-electron chi connectivity index (χ3n) is 1.94. The van der Waals surface area contributed by atoms with Gasteiger partial charge >= 0.3 is 5.97 Å². The monoisotopic (exact) mass is 297 g/mol. The van der Waals surface area contributed by atoms with Gasteiger partial charge in [-0.25, -0.2) is 22.3 Å². The van der Waals surface area contributed by atoms with E-state index in [1.165, 1.54) is 0 Å². The Hall–Kier alpha value is -1.22. The van der Waals surface area contributed by atoms with Crippen LogP contribution in [0.15, 0.2) is 23.1 Å². The van der Waals surface area contributed by atoms with Crippen molar-refractivity contribution in [2.45, 2.75) is 11.0 Å². The number of carboxylic acids is 1. The number of hydrogen-bond donors (Lipinski definition) is 3. The molecule has 0 bridgehead atoms. The summed E-state index contributed by atoms with van der Waals surface area (Å²) in [6, 6.07) is 2.64. The molecule has 0 saturated heterocycles. The molecule has 3 N–H and O–H groups in total. The van der Waals surface area contributed by atoms with Crippen LogP contribution in [-0.2, 0) is 14.8 Å². The van der Waals surface area contributed by atoms with Crippen LogP contribution >= 0.6 is 11.6 Å². The molecule has 0 aliphatic heterocycles. The normalized spacial score (nSPS) is 13.3. The fraction of sp³-hybridized carbons (Fsp3) is 0.222. The molecule has 0 aliphatic carbocycles. The molecule has 18 heavy (non-hydrogen) atoms. The molecule has 0 fully saturated rings. The van der Waals surface area contributed by atoms with E-state index in [2.05, 4.69) is 0 Å². The Balaban J connectivity index is 2.90. The lowest BCUT2D eigenvalue weighted by atomic mass is 10.3. The van der Waals surface area contributed by atoms with Crippen molar-refractivity contribution in [1.82, 2.24) is 4.72 Å². The smallest absolute Gasteiger partial charge is 0.333 e. The summed E-state index contributed by atoms with van der Waals surface area (Å²) in [5.74, 6) is -2.27. The number of aliphatic hydroxyl groups excluding tert-OH is 1. The van der Waals surface area contributed by atoms with Crippen molar-refractivity contribution in [2.24, 2.45) is 0 Å². The Labute approximate surface area is 107 Å². The number of aliphatic hydroxyl groups is 1. The molecule has 1 atom stereocenters. The maximum Gasteiger partial charge on any atom is 0.333 e. The summed E-state index contributed by atoms with van der Waals surface area (Å²) in [4.78, 5) is 9.90. The van der Waals surface area contributed by atoms with Crippen molar-refractivity contribution in [3.8, 4) is 0 Å². The molecule has 9 heteroatoms. The van der Waals surface area contributed by atoms with Crippen LogP contribution in [0.25, 0.3) is 0 Å². The first-order chi connectivity index (χ1) is 8.24. The molecule has 1 rings (SSSR count). The van der Waals surface area contributed by atoms with Gasteiger partial charge in [0, 0.05) is 6.54 Å². The molecular weight excluding hydrogens is 289 g/mol. The zero-order valence-electron chi connectivity index (χ0n) is 8.80. The van der Waals surface area contributed by atoms with E-state index in [-0.39, 0.29) is 5.02 Å². The molecule has 0 aromatic heterocycles. The van der Waals surface area contributed by atoms with E-state index >= 15 is 0 Å². The topological polar surface area (TPSA) is 104 Å². The molecule has 0 radical (unpaired) electrons. The number of nitrogens with one attached hydrogen (secondary N) is 1. The summed E-state index contributed by atoms with van der Waals surface area (Å²) in [5.41, 5.74) is 0. The van der Waals surface area contributed by atoms with Crippen LogP contribution in [0.3, 0.4) is 0 Å². The summed E-state index contributed by atoms with van der Waals surface area (Å²) in [6.45, 7) is -0.717. The highest BCUT2D eigenvalue weighted by molar-refractivity contribution is 7.89. The average Bonchev–Trinajstić information content (AvgIpc) is 2.25. The van der Waals surface area contributed by atoms with E-state index in [0.717, 1.165) is 18.2 Å². The summed E-state index contributed by atoms with van der Waals surface area (Å²) >= 11 is 5.55. The minimum atomic E-state index is -4.11. The quantitative estimate of drug-likeness (QED) is 0.720. The molecule has 100 valence electrons. The fourth-order valence-electron chi connectivity index (χ4n) is 1.05. The number of halogens is 2. The van der Waals surface area contributed by atoms with Gasteiger partial charge in [-0.3, -0.25) is 0 Å². The van der Waals surface area contributed by atoms with Gasteiger partial charge < -0.3 is 10.2 Å². The van der Waals surface area contributed by atoms with E-state index < -0.39 is 39.4 Å². The summed E-state index contributed by atoms with van der Waals surface area (Å²) in [6.07, 6.45) is -1.88. The molecule has 0 amide bonds. The van der Waals surface area contributed by atoms with Crippen molar-refractivity contribution in [2.75, 3.05) is 6.54 Å². The van der Waals surface area contributed by atoms with E-state index in [1.54, 1.807) is 0 Å². The number of rotatable bonds is 5. The van der Waals surface area contributed by atoms with Gasteiger partial charge in [0.15, 0.2) is 6.10 Å². The van der Waals surface area contributed by atoms with Crippen molar-refractivity contribution < 1.29 is 27.8 Å². The van der Waals surface area contributed by atoms with Crippen LogP contribution in [0.4, 0.5) is 4.39 Å². The molecule has 1 unspecified atom stereocenters. The Bertz CT molecular complexity index is 562. The van der Waals surface area contributed by atoms with Gasteiger partial charge in [0.2, 0.25) is 10.0 Å². The van der Waals surface area contributed by atoms with Crippen molar-refractivity contribution >= 4 is 27.6 Å². The fourth-order valence-corrected chi connectivity index (χ4v) is 2.61. The highest BCUT2D eigenvalue weighted by atomic mass is 35.5. The molecule has 0 saturated carbocycles. The van der Waals surface area contributed by atoms with Crippen LogP contribution in [0, 0.1) is 5.82 Å². The SMILES string of the molecule is O=C(O)C(O)CNS(=O)(=O)c1ccc(F)cc1Cl. The van der Waals surface area contributed by atoms with E-state index in [4.69, 9.17) is 21.8 Å². The standard InChI is InChI=1S/C9H9ClFNO5S/c10-6-3-5(11)1-2-8(6)18(16,17)12-4-7(13)9(14)15/h1-3,7,12-13H,4H2,(H,14,15). The van der Waals surface area contributed by atoms with Crippen LogP contribution in [0.1, 0.15) is 0 Å². The van der Waals surface area contributed by atoms with Gasteiger partial charge in [-0.05, 0) is 18.2 Å². The van der Waals surface area contributed by atoms with Crippen molar-refractivity contribution in [3.63, 3.8) is 0 Å². The summed E-state index contributed by atoms with van der Waals surface area (Å²) < 4.78 is 37.9. The number of sulfonamides is 1. The van der Waals surface area contributed by atoms with E-state index in [0.29, 0.717) is 0 Å². The predicted molar refractivity (Wildman–Crippen MR) is 60.2 cm³/mol. The van der Waals surface area contributed by atoms with Crippen molar-refractivity contribution in [3.05, 3.63) is 29.0 Å². The predicted octanol–water partition coefficient (Wildman–Crippen LogP) is 0.203. The zero-order chi connectivity index (χ0) is 13.9. The lowest BCUT2D eigenvalue weighted by Gasteiger charge is -2.09. The summed E-state index contributed by atoms with van der Waals surface area (Å²) in [5, 5.41) is 17.0. The molecule has 0 spiro atoms. The molecular formula is C9H9ClFNO5S. The Morgan fingerprint density at radius 3 is 2.61 bits per heavy atom. The Morgan fingerprint density at radius 1 is 1.50 bits per heavy atom. The molecule has 1 aromatic rings. The Kier molecular flexibility index (Phi) is 4.63. The largest absolute Gasteiger partial charge is 0.479 e. The molecule has 0 heterocycles. The second kappa shape index (κ2) is 5.61. The molecule has 0 aliphatic rings.